The summed E-state index contributed by atoms with van der Waals surface area (Å²) in [5, 5.41) is 24.0. The number of likely N-dealkylation sites (tertiary alicyclic amines) is 1. The molecule has 10 nitrogen and oxygen atoms in total. The number of carboxylic acids is 1. The van der Waals surface area contributed by atoms with Crippen molar-refractivity contribution < 1.29 is 29.4 Å². The molecule has 0 aromatic rings. The predicted molar refractivity (Wildman–Crippen MR) is 105 cm³/mol. The summed E-state index contributed by atoms with van der Waals surface area (Å²) >= 11 is 4.07. The largest absolute Gasteiger partial charge is 0.480 e. The van der Waals surface area contributed by atoms with E-state index in [-0.39, 0.29) is 18.2 Å². The second-order valence-corrected chi connectivity index (χ2v) is 7.63. The maximum atomic E-state index is 12.7. The molecule has 6 N–H and O–H groups in total. The van der Waals surface area contributed by atoms with Gasteiger partial charge in [-0.1, -0.05) is 13.8 Å². The van der Waals surface area contributed by atoms with E-state index in [4.69, 9.17) is 5.73 Å². The molecule has 1 fully saturated rings. The van der Waals surface area contributed by atoms with Gasteiger partial charge in [-0.3, -0.25) is 14.4 Å². The van der Waals surface area contributed by atoms with E-state index < -0.39 is 54.0 Å². The number of nitrogens with two attached hydrogens (primary N) is 1. The lowest BCUT2D eigenvalue weighted by atomic mass is 10.0. The average molecular weight is 419 g/mol. The number of thiol groups is 1. The van der Waals surface area contributed by atoms with E-state index >= 15 is 0 Å². The van der Waals surface area contributed by atoms with Gasteiger partial charge in [-0.05, 0) is 25.7 Å². The Balaban J connectivity index is 2.85. The fraction of sp³-hybridized carbons (Fsp3) is 0.765. The normalized spacial score (nSPS) is 21.0. The zero-order valence-corrected chi connectivity index (χ0v) is 17.2. The predicted octanol–water partition coefficient (Wildman–Crippen LogP) is -1.67. The fourth-order valence-corrected chi connectivity index (χ4v) is 3.14. The average Bonchev–Trinajstić information content (AvgIpc) is 3.12. The van der Waals surface area contributed by atoms with Gasteiger partial charge >= 0.3 is 5.97 Å². The van der Waals surface area contributed by atoms with Crippen molar-refractivity contribution in [1.29, 1.82) is 0 Å². The summed E-state index contributed by atoms with van der Waals surface area (Å²) in [5.41, 5.74) is 5.76. The second-order valence-electron chi connectivity index (χ2n) is 7.27. The zero-order chi connectivity index (χ0) is 21.6. The molecular weight excluding hydrogens is 388 g/mol. The number of hydrogen-bond acceptors (Lipinski definition) is 7. The van der Waals surface area contributed by atoms with Crippen LogP contribution in [-0.2, 0) is 19.2 Å². The molecule has 160 valence electrons. The van der Waals surface area contributed by atoms with E-state index in [1.54, 1.807) is 13.8 Å². The monoisotopic (exact) mass is 418 g/mol. The number of aliphatic hydroxyl groups excluding tert-OH is 1. The quantitative estimate of drug-likeness (QED) is 0.244. The molecule has 0 aromatic heterocycles. The number of carboxylic acid groups (broad SMARTS) is 1. The van der Waals surface area contributed by atoms with Crippen LogP contribution in [0.1, 0.15) is 33.6 Å². The summed E-state index contributed by atoms with van der Waals surface area (Å²) in [6.07, 6.45) is -0.346. The summed E-state index contributed by atoms with van der Waals surface area (Å²) in [6, 6.07) is -4.21. The van der Waals surface area contributed by atoms with Crippen LogP contribution < -0.4 is 16.4 Å². The number of nitrogens with one attached hydrogen (secondary N) is 2. The van der Waals surface area contributed by atoms with Crippen LogP contribution in [0.15, 0.2) is 0 Å². The number of carbonyl (C=O) groups is 4. The Bertz CT molecular complexity index is 600. The van der Waals surface area contributed by atoms with Gasteiger partial charge in [0.05, 0.1) is 12.1 Å². The Labute approximate surface area is 169 Å². The highest BCUT2D eigenvalue weighted by Gasteiger charge is 2.38. The van der Waals surface area contributed by atoms with Gasteiger partial charge in [0.2, 0.25) is 17.7 Å². The number of carbonyl (C=O) groups excluding carboxylic acids is 3. The Morgan fingerprint density at radius 2 is 1.79 bits per heavy atom. The number of aliphatic carboxylic acids is 1. The third-order valence-electron chi connectivity index (χ3n) is 4.70. The van der Waals surface area contributed by atoms with Crippen LogP contribution in [0.5, 0.6) is 0 Å². The van der Waals surface area contributed by atoms with Crippen molar-refractivity contribution in [3.8, 4) is 0 Å². The Morgan fingerprint density at radius 1 is 1.18 bits per heavy atom. The molecule has 3 amide bonds. The van der Waals surface area contributed by atoms with Crippen LogP contribution in [0.4, 0.5) is 0 Å². The molecule has 1 saturated heterocycles. The third-order valence-corrected chi connectivity index (χ3v) is 5.07. The molecule has 5 atom stereocenters. The van der Waals surface area contributed by atoms with Gasteiger partial charge < -0.3 is 31.5 Å². The molecular formula is C17H30N4O6S. The molecule has 1 aliphatic heterocycles. The van der Waals surface area contributed by atoms with Crippen molar-refractivity contribution in [2.24, 2.45) is 11.7 Å². The van der Waals surface area contributed by atoms with Crippen LogP contribution in [-0.4, -0.2) is 81.4 Å². The van der Waals surface area contributed by atoms with Crippen LogP contribution in [0.25, 0.3) is 0 Å². The van der Waals surface area contributed by atoms with Gasteiger partial charge in [0.25, 0.3) is 0 Å². The molecule has 11 heteroatoms. The molecule has 0 aliphatic carbocycles. The van der Waals surface area contributed by atoms with Crippen molar-refractivity contribution in [3.63, 3.8) is 0 Å². The minimum absolute atomic E-state index is 0.0700. The first-order chi connectivity index (χ1) is 13.0. The second kappa shape index (κ2) is 10.6. The number of rotatable bonds is 9. The highest BCUT2D eigenvalue weighted by Crippen LogP contribution is 2.19. The Hall–Kier alpha value is -1.85. The van der Waals surface area contributed by atoms with E-state index in [0.29, 0.717) is 12.8 Å². The van der Waals surface area contributed by atoms with Crippen LogP contribution in [0, 0.1) is 5.92 Å². The van der Waals surface area contributed by atoms with E-state index in [1.807, 2.05) is 0 Å². The fourth-order valence-electron chi connectivity index (χ4n) is 2.89. The first-order valence-electron chi connectivity index (χ1n) is 9.19. The van der Waals surface area contributed by atoms with Gasteiger partial charge in [-0.15, -0.1) is 0 Å². The maximum absolute atomic E-state index is 12.7. The Morgan fingerprint density at radius 3 is 2.25 bits per heavy atom. The summed E-state index contributed by atoms with van der Waals surface area (Å²) in [4.78, 5) is 49.9. The van der Waals surface area contributed by atoms with E-state index in [1.165, 1.54) is 11.8 Å². The van der Waals surface area contributed by atoms with Gasteiger partial charge in [-0.25, -0.2) is 4.79 Å². The lowest BCUT2D eigenvalue weighted by molar-refractivity contribution is -0.149. The maximum Gasteiger partial charge on any atom is 0.326 e. The lowest BCUT2D eigenvalue weighted by Crippen LogP contribution is -2.60. The molecule has 28 heavy (non-hydrogen) atoms. The van der Waals surface area contributed by atoms with Gasteiger partial charge in [-0.2, -0.15) is 12.6 Å². The molecule has 0 aromatic carbocycles. The smallest absolute Gasteiger partial charge is 0.326 e. The first-order valence-corrected chi connectivity index (χ1v) is 9.83. The minimum atomic E-state index is -1.32. The Kier molecular flexibility index (Phi) is 9.18. The first kappa shape index (κ1) is 24.2. The van der Waals surface area contributed by atoms with Crippen molar-refractivity contribution in [1.82, 2.24) is 15.5 Å². The van der Waals surface area contributed by atoms with E-state index in [2.05, 4.69) is 23.3 Å². The van der Waals surface area contributed by atoms with Crippen LogP contribution in [0.3, 0.4) is 0 Å². The lowest BCUT2D eigenvalue weighted by Gasteiger charge is -2.29. The SMILES string of the molecule is CC(C)C(N)C(=O)NC(C(=O)NC(CS)C(=O)N1CCCC1C(=O)O)C(C)O. The summed E-state index contributed by atoms with van der Waals surface area (Å²) in [6.45, 7) is 5.08. The molecule has 1 aliphatic rings. The van der Waals surface area contributed by atoms with Crippen molar-refractivity contribution >= 4 is 36.3 Å². The molecule has 0 saturated carbocycles. The van der Waals surface area contributed by atoms with Crippen LogP contribution in [0.2, 0.25) is 0 Å². The molecule has 0 radical (unpaired) electrons. The minimum Gasteiger partial charge on any atom is -0.480 e. The molecule has 5 unspecified atom stereocenters. The van der Waals surface area contributed by atoms with Crippen molar-refractivity contribution in [3.05, 3.63) is 0 Å². The highest BCUT2D eigenvalue weighted by molar-refractivity contribution is 7.80. The number of nitrogens with zero attached hydrogens (tertiary/aromatic N) is 1. The zero-order valence-electron chi connectivity index (χ0n) is 16.3. The standard InChI is InChI=1S/C17H30N4O6S/c1-8(2)12(18)14(23)20-13(9(3)22)15(24)19-10(7-28)16(25)21-6-4-5-11(21)17(26)27/h8-13,22,28H,4-7,18H2,1-3H3,(H,19,24)(H,20,23)(H,26,27). The van der Waals surface area contributed by atoms with Crippen molar-refractivity contribution in [2.45, 2.75) is 63.9 Å². The summed E-state index contributed by atoms with van der Waals surface area (Å²) in [7, 11) is 0. The number of amides is 3. The number of hydrogen-bond donors (Lipinski definition) is 6. The number of aliphatic hydroxyl groups is 1. The van der Waals surface area contributed by atoms with Gasteiger partial charge in [0.1, 0.15) is 18.1 Å². The topological polar surface area (TPSA) is 162 Å². The molecule has 1 heterocycles. The van der Waals surface area contributed by atoms with E-state index in [9.17, 15) is 29.4 Å². The van der Waals surface area contributed by atoms with Crippen LogP contribution >= 0.6 is 12.6 Å². The van der Waals surface area contributed by atoms with Gasteiger partial charge in [0.15, 0.2) is 0 Å². The van der Waals surface area contributed by atoms with E-state index in [0.717, 1.165) is 0 Å². The molecule has 0 bridgehead atoms. The summed E-state index contributed by atoms with van der Waals surface area (Å²) < 4.78 is 0. The molecule has 1 rings (SSSR count). The van der Waals surface area contributed by atoms with Crippen molar-refractivity contribution in [2.75, 3.05) is 12.3 Å². The highest BCUT2D eigenvalue weighted by atomic mass is 32.1. The van der Waals surface area contributed by atoms with Gasteiger partial charge in [0, 0.05) is 12.3 Å². The third kappa shape index (κ3) is 6.08. The summed E-state index contributed by atoms with van der Waals surface area (Å²) in [5.74, 6) is -3.30. The molecule has 0 spiro atoms.